The predicted octanol–water partition coefficient (Wildman–Crippen LogP) is 1.79. The summed E-state index contributed by atoms with van der Waals surface area (Å²) in [5.41, 5.74) is 5.64. The smallest absolute Gasteiger partial charge is 0.303 e. The molecule has 0 aliphatic carbocycles. The van der Waals surface area contributed by atoms with Crippen molar-refractivity contribution in [1.29, 1.82) is 0 Å². The van der Waals surface area contributed by atoms with Crippen molar-refractivity contribution in [3.63, 3.8) is 0 Å². The number of carbonyl (C=O) groups is 1. The molecule has 4 heteroatoms. The van der Waals surface area contributed by atoms with Crippen LogP contribution >= 0.6 is 12.4 Å². The lowest BCUT2D eigenvalue weighted by Crippen LogP contribution is -2.18. The molecule has 74 valence electrons. The molecule has 0 fully saturated rings. The number of hydrogen-bond donors (Lipinski definition) is 2. The summed E-state index contributed by atoms with van der Waals surface area (Å²) in [7, 11) is 0. The molecule has 3 nitrogen and oxygen atoms in total. The van der Waals surface area contributed by atoms with Gasteiger partial charge in [-0.2, -0.15) is 0 Å². The van der Waals surface area contributed by atoms with Crippen molar-refractivity contribution in [2.75, 3.05) is 0 Å². The lowest BCUT2D eigenvalue weighted by molar-refractivity contribution is -0.137. The van der Waals surface area contributed by atoms with Crippen LogP contribution in [-0.2, 0) is 4.79 Å². The monoisotopic (exact) mass is 195 g/mol. The number of unbranched alkanes of at least 4 members (excludes halogenated alkanes) is 1. The largest absolute Gasteiger partial charge is 0.481 e. The molecule has 0 aromatic rings. The topological polar surface area (TPSA) is 63.3 Å². The van der Waals surface area contributed by atoms with Gasteiger partial charge in [0.1, 0.15) is 0 Å². The third-order valence-electron chi connectivity index (χ3n) is 1.74. The van der Waals surface area contributed by atoms with Crippen LogP contribution in [0.15, 0.2) is 0 Å². The van der Waals surface area contributed by atoms with Crippen LogP contribution in [0.4, 0.5) is 0 Å². The fraction of sp³-hybridized carbons (Fsp3) is 0.875. The summed E-state index contributed by atoms with van der Waals surface area (Å²) < 4.78 is 0. The first-order valence-electron chi connectivity index (χ1n) is 4.14. The van der Waals surface area contributed by atoms with Crippen LogP contribution < -0.4 is 5.73 Å². The Hall–Kier alpha value is -0.280. The summed E-state index contributed by atoms with van der Waals surface area (Å²) in [6, 6.07) is 0.254. The normalized spacial score (nSPS) is 11.8. The molecule has 0 amide bonds. The molecule has 0 rings (SSSR count). The van der Waals surface area contributed by atoms with Gasteiger partial charge in [0.15, 0.2) is 0 Å². The average molecular weight is 196 g/mol. The van der Waals surface area contributed by atoms with Crippen molar-refractivity contribution in [2.45, 2.75) is 45.1 Å². The van der Waals surface area contributed by atoms with Gasteiger partial charge in [-0.15, -0.1) is 12.4 Å². The first-order chi connectivity index (χ1) is 5.16. The zero-order chi connectivity index (χ0) is 8.69. The Kier molecular flexibility index (Phi) is 10.5. The van der Waals surface area contributed by atoms with E-state index in [9.17, 15) is 4.79 Å². The number of carboxylic acids is 1. The average Bonchev–Trinajstić information content (AvgIpc) is 1.97. The van der Waals surface area contributed by atoms with Crippen molar-refractivity contribution >= 4 is 18.4 Å². The van der Waals surface area contributed by atoms with E-state index in [1.807, 2.05) is 6.92 Å². The number of carboxylic acid groups (broad SMARTS) is 1. The number of rotatable bonds is 6. The highest BCUT2D eigenvalue weighted by Gasteiger charge is 2.00. The minimum Gasteiger partial charge on any atom is -0.481 e. The quantitative estimate of drug-likeness (QED) is 0.636. The second-order valence-electron chi connectivity index (χ2n) is 2.81. The van der Waals surface area contributed by atoms with Gasteiger partial charge in [0.05, 0.1) is 0 Å². The standard InChI is InChI=1S/C8H17NO2.ClH/c1-2-7(9)5-3-4-6-8(10)11;/h7H,2-6,9H2,1H3,(H,10,11);1H. The zero-order valence-electron chi connectivity index (χ0n) is 7.45. The first kappa shape index (κ1) is 14.3. The number of halogens is 1. The second kappa shape index (κ2) is 8.81. The molecule has 12 heavy (non-hydrogen) atoms. The van der Waals surface area contributed by atoms with Gasteiger partial charge in [0, 0.05) is 12.5 Å². The van der Waals surface area contributed by atoms with E-state index in [0.717, 1.165) is 25.7 Å². The van der Waals surface area contributed by atoms with Gasteiger partial charge in [-0.3, -0.25) is 4.79 Å². The molecule has 0 aliphatic heterocycles. The molecule has 0 heterocycles. The Morgan fingerprint density at radius 1 is 1.50 bits per heavy atom. The maximum absolute atomic E-state index is 10.1. The van der Waals surface area contributed by atoms with Crippen LogP contribution in [0.25, 0.3) is 0 Å². The molecule has 0 saturated carbocycles. The second-order valence-corrected chi connectivity index (χ2v) is 2.81. The Morgan fingerprint density at radius 2 is 2.08 bits per heavy atom. The number of hydrogen-bond acceptors (Lipinski definition) is 2. The Bertz CT molecular complexity index is 120. The Morgan fingerprint density at radius 3 is 2.50 bits per heavy atom. The van der Waals surface area contributed by atoms with Gasteiger partial charge >= 0.3 is 5.97 Å². The molecule has 1 unspecified atom stereocenters. The van der Waals surface area contributed by atoms with Crippen molar-refractivity contribution < 1.29 is 9.90 Å². The summed E-state index contributed by atoms with van der Waals surface area (Å²) in [5.74, 6) is -0.713. The van der Waals surface area contributed by atoms with Crippen molar-refractivity contribution in [3.05, 3.63) is 0 Å². The fourth-order valence-electron chi connectivity index (χ4n) is 0.887. The van der Waals surface area contributed by atoms with E-state index in [1.165, 1.54) is 0 Å². The van der Waals surface area contributed by atoms with Crippen LogP contribution in [0.2, 0.25) is 0 Å². The van der Waals surface area contributed by atoms with E-state index < -0.39 is 5.97 Å². The predicted molar refractivity (Wildman–Crippen MR) is 51.6 cm³/mol. The first-order valence-corrected chi connectivity index (χ1v) is 4.14. The molecule has 0 aromatic heterocycles. The highest BCUT2D eigenvalue weighted by molar-refractivity contribution is 5.85. The molecule has 0 saturated heterocycles. The van der Waals surface area contributed by atoms with Gasteiger partial charge in [0.2, 0.25) is 0 Å². The minimum atomic E-state index is -0.713. The summed E-state index contributed by atoms with van der Waals surface area (Å²) in [4.78, 5) is 10.1. The minimum absolute atomic E-state index is 0. The molecule has 3 N–H and O–H groups in total. The molecule has 0 radical (unpaired) electrons. The van der Waals surface area contributed by atoms with Crippen LogP contribution in [-0.4, -0.2) is 17.1 Å². The third kappa shape index (κ3) is 9.72. The van der Waals surface area contributed by atoms with Gasteiger partial charge in [-0.05, 0) is 19.3 Å². The van der Waals surface area contributed by atoms with E-state index in [-0.39, 0.29) is 24.9 Å². The maximum atomic E-state index is 10.1. The molecule has 0 aliphatic rings. The molecular weight excluding hydrogens is 178 g/mol. The van der Waals surface area contributed by atoms with E-state index in [4.69, 9.17) is 10.8 Å². The van der Waals surface area contributed by atoms with Crippen LogP contribution in [0.1, 0.15) is 39.0 Å². The van der Waals surface area contributed by atoms with E-state index in [2.05, 4.69) is 0 Å². The summed E-state index contributed by atoms with van der Waals surface area (Å²) in [6.07, 6.45) is 3.89. The van der Waals surface area contributed by atoms with Crippen molar-refractivity contribution in [2.24, 2.45) is 5.73 Å². The van der Waals surface area contributed by atoms with Gasteiger partial charge in [0.25, 0.3) is 0 Å². The summed E-state index contributed by atoms with van der Waals surface area (Å²) in [6.45, 7) is 2.04. The van der Waals surface area contributed by atoms with Crippen LogP contribution in [0.5, 0.6) is 0 Å². The van der Waals surface area contributed by atoms with E-state index in [1.54, 1.807) is 0 Å². The van der Waals surface area contributed by atoms with Gasteiger partial charge in [-0.25, -0.2) is 0 Å². The Balaban J connectivity index is 0. The maximum Gasteiger partial charge on any atom is 0.303 e. The lowest BCUT2D eigenvalue weighted by atomic mass is 10.1. The molecule has 0 bridgehead atoms. The summed E-state index contributed by atoms with van der Waals surface area (Å²) in [5, 5.41) is 8.30. The molecule has 0 aromatic carbocycles. The van der Waals surface area contributed by atoms with Crippen molar-refractivity contribution in [3.8, 4) is 0 Å². The molecular formula is C8H18ClNO2. The van der Waals surface area contributed by atoms with Crippen LogP contribution in [0, 0.1) is 0 Å². The van der Waals surface area contributed by atoms with Gasteiger partial charge in [-0.1, -0.05) is 13.3 Å². The number of aliphatic carboxylic acids is 1. The molecule has 1 atom stereocenters. The third-order valence-corrected chi connectivity index (χ3v) is 1.74. The van der Waals surface area contributed by atoms with E-state index >= 15 is 0 Å². The van der Waals surface area contributed by atoms with Gasteiger partial charge < -0.3 is 10.8 Å². The SMILES string of the molecule is CCC(N)CCCCC(=O)O.Cl. The highest BCUT2D eigenvalue weighted by Crippen LogP contribution is 2.03. The summed E-state index contributed by atoms with van der Waals surface area (Å²) >= 11 is 0. The lowest BCUT2D eigenvalue weighted by Gasteiger charge is -2.06. The molecule has 0 spiro atoms. The fourth-order valence-corrected chi connectivity index (χ4v) is 0.887. The highest BCUT2D eigenvalue weighted by atomic mass is 35.5. The zero-order valence-corrected chi connectivity index (χ0v) is 8.27. The van der Waals surface area contributed by atoms with E-state index in [0.29, 0.717) is 0 Å². The van der Waals surface area contributed by atoms with Crippen LogP contribution in [0.3, 0.4) is 0 Å². The van der Waals surface area contributed by atoms with Crippen molar-refractivity contribution in [1.82, 2.24) is 0 Å². The Labute approximate surface area is 79.7 Å². The number of nitrogens with two attached hydrogens (primary N) is 1.